The Morgan fingerprint density at radius 3 is 2.85 bits per heavy atom. The smallest absolute Gasteiger partial charge is 0.337 e. The lowest BCUT2D eigenvalue weighted by Gasteiger charge is -2.41. The van der Waals surface area contributed by atoms with Crippen molar-refractivity contribution >= 4 is 5.97 Å². The summed E-state index contributed by atoms with van der Waals surface area (Å²) in [4.78, 5) is 14.2. The van der Waals surface area contributed by atoms with Gasteiger partial charge in [0, 0.05) is 4.91 Å². The molecule has 0 N–H and O–H groups in total. The van der Waals surface area contributed by atoms with Crippen LogP contribution in [0.3, 0.4) is 0 Å². The fourth-order valence-electron chi connectivity index (χ4n) is 1.98. The van der Waals surface area contributed by atoms with Gasteiger partial charge in [-0.1, -0.05) is 35.4 Å². The van der Waals surface area contributed by atoms with Gasteiger partial charge in [0.05, 0.1) is 26.4 Å². The molecule has 0 spiro atoms. The number of hydrogen-bond donors (Lipinski definition) is 0. The number of carbonyl (C=O) groups is 1. The summed E-state index contributed by atoms with van der Waals surface area (Å²) in [5.74, 6) is -0.486. The molecule has 1 heterocycles. The number of azide groups is 1. The summed E-state index contributed by atoms with van der Waals surface area (Å²) in [5.41, 5.74) is 9.31. The van der Waals surface area contributed by atoms with E-state index in [2.05, 4.69) is 14.8 Å². The maximum atomic E-state index is 11.5. The molecule has 1 aliphatic rings. The van der Waals surface area contributed by atoms with E-state index in [-0.39, 0.29) is 6.54 Å². The van der Waals surface area contributed by atoms with E-state index in [0.29, 0.717) is 6.61 Å². The van der Waals surface area contributed by atoms with Gasteiger partial charge in [0.1, 0.15) is 6.10 Å². The molecule has 0 bridgehead atoms. The summed E-state index contributed by atoms with van der Waals surface area (Å²) in [6, 6.07) is 9.58. The molecule has 7 heteroatoms. The number of hydrogen-bond acceptors (Lipinski definition) is 5. The number of carbonyl (C=O) groups excluding carboxylic acids is 1. The molecule has 0 radical (unpaired) electrons. The minimum Gasteiger partial charge on any atom is -0.467 e. The van der Waals surface area contributed by atoms with Crippen LogP contribution in [-0.2, 0) is 25.6 Å². The molecule has 20 heavy (non-hydrogen) atoms. The Kier molecular flexibility index (Phi) is 4.95. The van der Waals surface area contributed by atoms with Gasteiger partial charge in [-0.15, -0.1) is 0 Å². The molecule has 1 fully saturated rings. The lowest BCUT2D eigenvalue weighted by Crippen LogP contribution is -2.60. The maximum Gasteiger partial charge on any atom is 0.337 e. The highest BCUT2D eigenvalue weighted by Gasteiger charge is 2.48. The Hall–Kier alpha value is -2.08. The van der Waals surface area contributed by atoms with Gasteiger partial charge >= 0.3 is 5.97 Å². The van der Waals surface area contributed by atoms with Crippen LogP contribution in [-0.4, -0.2) is 37.9 Å². The number of esters is 1. The average Bonchev–Trinajstić information content (AvgIpc) is 2.47. The van der Waals surface area contributed by atoms with Gasteiger partial charge in [0.25, 0.3) is 0 Å². The van der Waals surface area contributed by atoms with Crippen LogP contribution in [0.15, 0.2) is 35.4 Å². The normalized spacial score (nSPS) is 24.4. The Morgan fingerprint density at radius 2 is 2.20 bits per heavy atom. The molecule has 106 valence electrons. The van der Waals surface area contributed by atoms with Crippen LogP contribution in [0.5, 0.6) is 0 Å². The molecule has 0 amide bonds. The first-order valence-corrected chi connectivity index (χ1v) is 6.16. The van der Waals surface area contributed by atoms with Gasteiger partial charge in [0.2, 0.25) is 0 Å². The van der Waals surface area contributed by atoms with Crippen molar-refractivity contribution in [3.05, 3.63) is 46.3 Å². The van der Waals surface area contributed by atoms with Crippen molar-refractivity contribution in [3.8, 4) is 0 Å². The molecule has 2 rings (SSSR count). The second-order valence-corrected chi connectivity index (χ2v) is 4.29. The predicted molar refractivity (Wildman–Crippen MR) is 69.7 cm³/mol. The Bertz CT molecular complexity index is 502. The van der Waals surface area contributed by atoms with Crippen LogP contribution in [0.2, 0.25) is 0 Å². The maximum absolute atomic E-state index is 11.5. The van der Waals surface area contributed by atoms with Gasteiger partial charge in [-0.25, -0.2) is 4.79 Å². The van der Waals surface area contributed by atoms with E-state index >= 15 is 0 Å². The third-order valence-corrected chi connectivity index (χ3v) is 3.03. The lowest BCUT2D eigenvalue weighted by molar-refractivity contribution is -0.245. The number of nitrogens with zero attached hydrogens (tertiary/aromatic N) is 3. The van der Waals surface area contributed by atoms with Crippen molar-refractivity contribution in [2.75, 3.05) is 13.7 Å². The Labute approximate surface area is 116 Å². The number of methoxy groups -OCH3 is 1. The van der Waals surface area contributed by atoms with Crippen LogP contribution in [0.25, 0.3) is 10.4 Å². The molecule has 7 nitrogen and oxygen atoms in total. The van der Waals surface area contributed by atoms with Crippen LogP contribution >= 0.6 is 0 Å². The van der Waals surface area contributed by atoms with E-state index in [4.69, 9.17) is 15.0 Å². The van der Waals surface area contributed by atoms with E-state index in [1.807, 2.05) is 30.3 Å². The number of benzene rings is 1. The Morgan fingerprint density at radius 1 is 1.45 bits per heavy atom. The SMILES string of the molecule is COC(=O)[C@H]1O[C@@H](CN=[N+]=[N-])[C@@H]1OCc1ccccc1. The molecule has 1 aliphatic heterocycles. The van der Waals surface area contributed by atoms with Crippen LogP contribution in [0, 0.1) is 0 Å². The minimum absolute atomic E-state index is 0.128. The van der Waals surface area contributed by atoms with Gasteiger partial charge in [-0.2, -0.15) is 0 Å². The highest BCUT2D eigenvalue weighted by atomic mass is 16.6. The summed E-state index contributed by atoms with van der Waals surface area (Å²) in [6.45, 7) is 0.485. The van der Waals surface area contributed by atoms with E-state index in [1.165, 1.54) is 7.11 Å². The summed E-state index contributed by atoms with van der Waals surface area (Å²) in [6.07, 6.45) is -1.64. The number of rotatable bonds is 6. The summed E-state index contributed by atoms with van der Waals surface area (Å²) < 4.78 is 15.7. The first-order chi connectivity index (χ1) is 9.76. The van der Waals surface area contributed by atoms with E-state index < -0.39 is 24.3 Å². The van der Waals surface area contributed by atoms with Gasteiger partial charge in [0.15, 0.2) is 6.10 Å². The quantitative estimate of drug-likeness (QED) is 0.343. The molecule has 3 atom stereocenters. The summed E-state index contributed by atoms with van der Waals surface area (Å²) in [5, 5.41) is 3.44. The van der Waals surface area contributed by atoms with Crippen molar-refractivity contribution in [2.45, 2.75) is 24.9 Å². The zero-order valence-electron chi connectivity index (χ0n) is 11.0. The summed E-state index contributed by atoms with van der Waals surface area (Å²) in [7, 11) is 1.29. The van der Waals surface area contributed by atoms with E-state index in [0.717, 1.165) is 5.56 Å². The second-order valence-electron chi connectivity index (χ2n) is 4.29. The predicted octanol–water partition coefficient (Wildman–Crippen LogP) is 1.82. The molecule has 0 saturated carbocycles. The molecular weight excluding hydrogens is 262 g/mol. The third-order valence-electron chi connectivity index (χ3n) is 3.03. The Balaban J connectivity index is 1.95. The van der Waals surface area contributed by atoms with Gasteiger partial charge < -0.3 is 14.2 Å². The molecule has 0 aromatic heterocycles. The first-order valence-electron chi connectivity index (χ1n) is 6.16. The molecule has 0 unspecified atom stereocenters. The van der Waals surface area contributed by atoms with E-state index in [1.54, 1.807) is 0 Å². The zero-order valence-corrected chi connectivity index (χ0v) is 11.0. The van der Waals surface area contributed by atoms with Crippen molar-refractivity contribution in [1.82, 2.24) is 0 Å². The molecule has 1 aromatic rings. The van der Waals surface area contributed by atoms with Crippen molar-refractivity contribution in [2.24, 2.45) is 5.11 Å². The standard InChI is InChI=1S/C13H15N3O4/c1-18-13(17)12-11(10(20-12)7-15-16-14)19-8-9-5-3-2-4-6-9/h2-6,10-12H,7-8H2,1H3/t10-,11-,12-/m0/s1. The van der Waals surface area contributed by atoms with Crippen LogP contribution in [0.4, 0.5) is 0 Å². The van der Waals surface area contributed by atoms with Crippen molar-refractivity contribution in [3.63, 3.8) is 0 Å². The highest BCUT2D eigenvalue weighted by Crippen LogP contribution is 2.27. The summed E-state index contributed by atoms with van der Waals surface area (Å²) >= 11 is 0. The average molecular weight is 277 g/mol. The molecule has 0 aliphatic carbocycles. The topological polar surface area (TPSA) is 93.5 Å². The van der Waals surface area contributed by atoms with Crippen molar-refractivity contribution < 1.29 is 19.0 Å². The molecule has 1 aromatic carbocycles. The third kappa shape index (κ3) is 3.27. The molecule has 1 saturated heterocycles. The fourth-order valence-corrected chi connectivity index (χ4v) is 1.98. The van der Waals surface area contributed by atoms with Gasteiger partial charge in [-0.05, 0) is 11.1 Å². The number of ether oxygens (including phenoxy) is 3. The van der Waals surface area contributed by atoms with Gasteiger partial charge in [-0.3, -0.25) is 0 Å². The minimum atomic E-state index is -0.761. The lowest BCUT2D eigenvalue weighted by atomic mass is 10.0. The van der Waals surface area contributed by atoms with E-state index in [9.17, 15) is 4.79 Å². The largest absolute Gasteiger partial charge is 0.467 e. The van der Waals surface area contributed by atoms with Crippen LogP contribution in [0.1, 0.15) is 5.56 Å². The monoisotopic (exact) mass is 277 g/mol. The molecular formula is C13H15N3O4. The van der Waals surface area contributed by atoms with Crippen molar-refractivity contribution in [1.29, 1.82) is 0 Å². The highest BCUT2D eigenvalue weighted by molar-refractivity contribution is 5.76. The van der Waals surface area contributed by atoms with Crippen LogP contribution < -0.4 is 0 Å². The zero-order chi connectivity index (χ0) is 14.4. The first kappa shape index (κ1) is 14.3. The fraction of sp³-hybridized carbons (Fsp3) is 0.462. The second kappa shape index (κ2) is 6.91.